The van der Waals surface area contributed by atoms with E-state index in [1.807, 2.05) is 48.3 Å². The molecule has 1 aliphatic heterocycles. The molecule has 1 atom stereocenters. The van der Waals surface area contributed by atoms with Gasteiger partial charge in [0.05, 0.1) is 19.0 Å². The first-order valence-corrected chi connectivity index (χ1v) is 10.8. The lowest BCUT2D eigenvalue weighted by molar-refractivity contribution is -0.114. The molecule has 4 rings (SSSR count). The van der Waals surface area contributed by atoms with Gasteiger partial charge in [-0.3, -0.25) is 0 Å². The summed E-state index contributed by atoms with van der Waals surface area (Å²) in [6.07, 6.45) is 3.57. The molecule has 1 saturated heterocycles. The van der Waals surface area contributed by atoms with Gasteiger partial charge in [-0.05, 0) is 53.6 Å². The van der Waals surface area contributed by atoms with E-state index in [0.717, 1.165) is 42.2 Å². The number of benzene rings is 2. The van der Waals surface area contributed by atoms with Crippen LogP contribution in [0.15, 0.2) is 60.9 Å². The Balaban J connectivity index is 1.54. The van der Waals surface area contributed by atoms with E-state index in [0.29, 0.717) is 25.6 Å². The fraction of sp³-hybridized carbons (Fsp3) is 0.400. The van der Waals surface area contributed by atoms with E-state index in [2.05, 4.69) is 11.9 Å². The van der Waals surface area contributed by atoms with Gasteiger partial charge in [-0.25, -0.2) is 0 Å². The minimum Gasteiger partial charge on any atom is -0.508 e. The lowest BCUT2D eigenvalue weighted by atomic mass is 9.84. The van der Waals surface area contributed by atoms with E-state index in [1.165, 1.54) is 0 Å². The van der Waals surface area contributed by atoms with E-state index in [9.17, 15) is 9.90 Å². The first-order valence-electron chi connectivity index (χ1n) is 10.8. The van der Waals surface area contributed by atoms with Crippen LogP contribution >= 0.6 is 0 Å². The number of nitrogens with one attached hydrogen (secondary N) is 1. The number of carbonyl (C=O) groups is 1. The van der Waals surface area contributed by atoms with Gasteiger partial charge in [0.15, 0.2) is 6.29 Å². The number of phenols is 1. The van der Waals surface area contributed by atoms with E-state index in [-0.39, 0.29) is 18.0 Å². The van der Waals surface area contributed by atoms with E-state index >= 15 is 0 Å². The van der Waals surface area contributed by atoms with Gasteiger partial charge in [-0.1, -0.05) is 36.9 Å². The lowest BCUT2D eigenvalue weighted by Gasteiger charge is -2.35. The Morgan fingerprint density at radius 2 is 1.87 bits per heavy atom. The molecule has 2 N–H and O–H groups in total. The van der Waals surface area contributed by atoms with Gasteiger partial charge >= 0.3 is 0 Å². The first-order chi connectivity index (χ1) is 15.0. The Kier molecular flexibility index (Phi) is 6.30. The highest BCUT2D eigenvalue weighted by Gasteiger charge is 2.47. The van der Waals surface area contributed by atoms with Crippen molar-refractivity contribution in [1.82, 2.24) is 10.2 Å². The molecule has 0 spiro atoms. The monoisotopic (exact) mass is 422 g/mol. The Labute approximate surface area is 183 Å². The summed E-state index contributed by atoms with van der Waals surface area (Å²) in [6.45, 7) is 6.19. The summed E-state index contributed by atoms with van der Waals surface area (Å²) in [5, 5.41) is 13.3. The van der Waals surface area contributed by atoms with Crippen LogP contribution in [0.4, 0.5) is 0 Å². The Bertz CT molecular complexity index is 937. The molecule has 0 bridgehead atoms. The lowest BCUT2D eigenvalue weighted by Crippen LogP contribution is -2.48. The summed E-state index contributed by atoms with van der Waals surface area (Å²) in [7, 11) is 1.95. The molecule has 2 aromatic carbocycles. The molecule has 164 valence electrons. The van der Waals surface area contributed by atoms with Crippen LogP contribution in [0.2, 0.25) is 0 Å². The Morgan fingerprint density at radius 1 is 1.19 bits per heavy atom. The number of rotatable bonds is 10. The van der Waals surface area contributed by atoms with Crippen LogP contribution in [0, 0.1) is 5.92 Å². The number of phenolic OH excluding ortho intramolecular Hbond substituents is 1. The summed E-state index contributed by atoms with van der Waals surface area (Å²) in [5.41, 5.74) is 1.93. The molecule has 2 fully saturated rings. The smallest absolute Gasteiger partial charge is 0.159 e. The topological polar surface area (TPSA) is 71.0 Å². The number of nitrogens with zero attached hydrogens (tertiary/aromatic N) is 1. The van der Waals surface area contributed by atoms with Crippen LogP contribution in [0.5, 0.6) is 5.75 Å². The Hall–Kier alpha value is -2.83. The fourth-order valence-corrected chi connectivity index (χ4v) is 4.13. The highest BCUT2D eigenvalue weighted by molar-refractivity contribution is 5.73. The van der Waals surface area contributed by atoms with Crippen LogP contribution in [-0.2, 0) is 19.8 Å². The van der Waals surface area contributed by atoms with Gasteiger partial charge in [0.1, 0.15) is 17.6 Å². The van der Waals surface area contributed by atoms with Crippen LogP contribution in [-0.4, -0.2) is 49.4 Å². The highest BCUT2D eigenvalue weighted by atomic mass is 16.7. The van der Waals surface area contributed by atoms with Gasteiger partial charge in [-0.2, -0.15) is 0 Å². The molecule has 2 aliphatic rings. The molecule has 2 aromatic rings. The highest BCUT2D eigenvalue weighted by Crippen LogP contribution is 2.46. The maximum absolute atomic E-state index is 12.5. The SMILES string of the molecule is C=C(NC(C=O)(c1cccc(-c2cccc(O)c2)c1)C1CC1)N(C)CCC1OCCO1. The quantitative estimate of drug-likeness (QED) is 0.570. The van der Waals surface area contributed by atoms with Crippen molar-refractivity contribution in [2.24, 2.45) is 5.92 Å². The summed E-state index contributed by atoms with van der Waals surface area (Å²) >= 11 is 0. The standard InChI is InChI=1S/C25H30N2O4/c1-18(27(2)12-11-24-30-13-14-31-24)26-25(17-28,21-9-10-21)22-7-3-5-19(15-22)20-6-4-8-23(29)16-20/h3-8,15-17,21,24,26,29H,1,9-14H2,2H3. The van der Waals surface area contributed by atoms with E-state index in [1.54, 1.807) is 12.1 Å². The summed E-state index contributed by atoms with van der Waals surface area (Å²) in [6, 6.07) is 15.1. The summed E-state index contributed by atoms with van der Waals surface area (Å²) in [4.78, 5) is 14.5. The molecular weight excluding hydrogens is 392 g/mol. The fourth-order valence-electron chi connectivity index (χ4n) is 4.13. The Morgan fingerprint density at radius 3 is 2.52 bits per heavy atom. The van der Waals surface area contributed by atoms with Crippen LogP contribution in [0.1, 0.15) is 24.8 Å². The molecule has 1 aliphatic carbocycles. The molecule has 1 heterocycles. The van der Waals surface area contributed by atoms with Gasteiger partial charge in [0.25, 0.3) is 0 Å². The third-order valence-corrected chi connectivity index (χ3v) is 6.13. The number of aldehydes is 1. The van der Waals surface area contributed by atoms with Gasteiger partial charge < -0.3 is 29.6 Å². The molecule has 6 heteroatoms. The minimum atomic E-state index is -0.835. The zero-order valence-corrected chi connectivity index (χ0v) is 17.9. The molecule has 6 nitrogen and oxygen atoms in total. The largest absolute Gasteiger partial charge is 0.508 e. The minimum absolute atomic E-state index is 0.173. The summed E-state index contributed by atoms with van der Waals surface area (Å²) in [5.74, 6) is 1.13. The second kappa shape index (κ2) is 9.12. The van der Waals surface area contributed by atoms with E-state index < -0.39 is 5.54 Å². The van der Waals surface area contributed by atoms with Crippen LogP contribution in [0.25, 0.3) is 11.1 Å². The van der Waals surface area contributed by atoms with Crippen LogP contribution in [0.3, 0.4) is 0 Å². The zero-order chi connectivity index (χ0) is 21.8. The van der Waals surface area contributed by atoms with Crippen molar-refractivity contribution in [3.63, 3.8) is 0 Å². The zero-order valence-electron chi connectivity index (χ0n) is 17.9. The predicted molar refractivity (Wildman–Crippen MR) is 119 cm³/mol. The summed E-state index contributed by atoms with van der Waals surface area (Å²) < 4.78 is 11.0. The molecule has 31 heavy (non-hydrogen) atoms. The normalized spacial score (nSPS) is 18.4. The predicted octanol–water partition coefficient (Wildman–Crippen LogP) is 3.62. The molecule has 0 amide bonds. The third-order valence-electron chi connectivity index (χ3n) is 6.13. The van der Waals surface area contributed by atoms with Gasteiger partial charge in [-0.15, -0.1) is 0 Å². The average Bonchev–Trinajstić information content (AvgIpc) is 3.51. The van der Waals surface area contributed by atoms with Crippen molar-refractivity contribution in [3.8, 4) is 16.9 Å². The maximum atomic E-state index is 12.5. The number of ether oxygens (including phenoxy) is 2. The van der Waals surface area contributed by atoms with Crippen molar-refractivity contribution >= 4 is 6.29 Å². The molecule has 0 radical (unpaired) electrons. The van der Waals surface area contributed by atoms with Crippen molar-refractivity contribution < 1.29 is 19.4 Å². The van der Waals surface area contributed by atoms with Gasteiger partial charge in [0.2, 0.25) is 0 Å². The number of hydrogen-bond donors (Lipinski definition) is 2. The second-order valence-corrected chi connectivity index (χ2v) is 8.35. The van der Waals surface area contributed by atoms with Crippen molar-refractivity contribution in [3.05, 3.63) is 66.5 Å². The number of aromatic hydroxyl groups is 1. The molecular formula is C25H30N2O4. The van der Waals surface area contributed by atoms with Crippen molar-refractivity contribution in [1.29, 1.82) is 0 Å². The molecule has 1 saturated carbocycles. The average molecular weight is 423 g/mol. The number of hydrogen-bond acceptors (Lipinski definition) is 6. The van der Waals surface area contributed by atoms with Crippen molar-refractivity contribution in [2.45, 2.75) is 31.1 Å². The van der Waals surface area contributed by atoms with E-state index in [4.69, 9.17) is 9.47 Å². The first kappa shape index (κ1) is 21.4. The third kappa shape index (κ3) is 4.75. The van der Waals surface area contributed by atoms with Crippen LogP contribution < -0.4 is 5.32 Å². The molecule has 0 aromatic heterocycles. The van der Waals surface area contributed by atoms with Crippen molar-refractivity contribution in [2.75, 3.05) is 26.8 Å². The number of carbonyl (C=O) groups excluding carboxylic acids is 1. The maximum Gasteiger partial charge on any atom is 0.159 e. The molecule has 1 unspecified atom stereocenters. The second-order valence-electron chi connectivity index (χ2n) is 8.35. The van der Waals surface area contributed by atoms with Gasteiger partial charge in [0, 0.05) is 20.0 Å².